The van der Waals surface area contributed by atoms with Gasteiger partial charge in [0, 0.05) is 11.9 Å². The van der Waals surface area contributed by atoms with E-state index < -0.39 is 12.9 Å². The van der Waals surface area contributed by atoms with Crippen LogP contribution in [0, 0.1) is 12.7 Å². The second kappa shape index (κ2) is 5.84. The van der Waals surface area contributed by atoms with Crippen LogP contribution in [-0.2, 0) is 0 Å². The van der Waals surface area contributed by atoms with Crippen molar-refractivity contribution in [3.63, 3.8) is 0 Å². The molecule has 0 aliphatic heterocycles. The van der Waals surface area contributed by atoms with Crippen LogP contribution in [0.5, 0.6) is 5.75 Å². The third kappa shape index (κ3) is 3.58. The minimum Gasteiger partial charge on any atom is -0.491 e. The maximum Gasteiger partial charge on any atom is 0.492 e. The molecule has 0 saturated heterocycles. The average Bonchev–Trinajstić information content (AvgIpc) is 2.23. The van der Waals surface area contributed by atoms with Gasteiger partial charge in [-0.25, -0.2) is 4.39 Å². The third-order valence-electron chi connectivity index (χ3n) is 2.40. The lowest BCUT2D eigenvalue weighted by Gasteiger charge is -2.17. The molecule has 0 bridgehead atoms. The molecule has 2 N–H and O–H groups in total. The third-order valence-corrected chi connectivity index (χ3v) is 2.40. The van der Waals surface area contributed by atoms with Crippen LogP contribution in [0.3, 0.4) is 0 Å². The number of hydrogen-bond donors (Lipinski definition) is 2. The summed E-state index contributed by atoms with van der Waals surface area (Å²) in [5.41, 5.74) is 0.430. The van der Waals surface area contributed by atoms with Crippen LogP contribution in [0.2, 0.25) is 0 Å². The topological polar surface area (TPSA) is 49.7 Å². The quantitative estimate of drug-likeness (QED) is 0.597. The summed E-state index contributed by atoms with van der Waals surface area (Å²) in [6, 6.07) is 2.54. The molecule has 0 radical (unpaired) electrons. The molecule has 5 heteroatoms. The van der Waals surface area contributed by atoms with Crippen molar-refractivity contribution < 1.29 is 19.2 Å². The summed E-state index contributed by atoms with van der Waals surface area (Å²) in [5, 5.41) is 18.3. The summed E-state index contributed by atoms with van der Waals surface area (Å²) in [6.07, 6.45) is 2.17. The van der Waals surface area contributed by atoms with Gasteiger partial charge in [-0.05, 0) is 31.5 Å². The molecule has 0 aliphatic carbocycles. The highest BCUT2D eigenvalue weighted by Gasteiger charge is 2.20. The van der Waals surface area contributed by atoms with Crippen LogP contribution in [0.4, 0.5) is 4.39 Å². The van der Waals surface area contributed by atoms with Gasteiger partial charge >= 0.3 is 7.12 Å². The molecule has 0 saturated carbocycles. The van der Waals surface area contributed by atoms with Crippen molar-refractivity contribution in [2.45, 2.75) is 26.4 Å². The molecule has 1 aromatic carbocycles. The van der Waals surface area contributed by atoms with Gasteiger partial charge in [-0.2, -0.15) is 0 Å². The van der Waals surface area contributed by atoms with Gasteiger partial charge in [0.1, 0.15) is 11.6 Å². The first-order chi connectivity index (χ1) is 7.95. The molecule has 0 heterocycles. The number of ether oxygens (including phenoxy) is 1. The monoisotopic (exact) mass is 238 g/mol. The Morgan fingerprint density at radius 3 is 2.71 bits per heavy atom. The van der Waals surface area contributed by atoms with Crippen LogP contribution >= 0.6 is 0 Å². The molecule has 0 fully saturated rings. The molecule has 0 amide bonds. The van der Waals surface area contributed by atoms with Crippen LogP contribution in [0.15, 0.2) is 24.8 Å². The van der Waals surface area contributed by atoms with Gasteiger partial charge in [-0.3, -0.25) is 0 Å². The van der Waals surface area contributed by atoms with Crippen molar-refractivity contribution in [3.8, 4) is 5.75 Å². The van der Waals surface area contributed by atoms with E-state index in [4.69, 9.17) is 14.8 Å². The molecule has 17 heavy (non-hydrogen) atoms. The van der Waals surface area contributed by atoms with Gasteiger partial charge in [-0.15, -0.1) is 6.58 Å². The molecule has 1 rings (SSSR count). The highest BCUT2D eigenvalue weighted by molar-refractivity contribution is 6.59. The zero-order valence-electron chi connectivity index (χ0n) is 9.98. The van der Waals surface area contributed by atoms with Crippen molar-refractivity contribution in [1.29, 1.82) is 0 Å². The van der Waals surface area contributed by atoms with Crippen LogP contribution in [0.1, 0.15) is 18.9 Å². The van der Waals surface area contributed by atoms with Gasteiger partial charge in [-0.1, -0.05) is 6.08 Å². The summed E-state index contributed by atoms with van der Waals surface area (Å²) in [4.78, 5) is 0. The molecule has 0 spiro atoms. The van der Waals surface area contributed by atoms with Gasteiger partial charge in [0.05, 0.1) is 6.10 Å². The van der Waals surface area contributed by atoms with Gasteiger partial charge < -0.3 is 14.8 Å². The Morgan fingerprint density at radius 2 is 2.18 bits per heavy atom. The predicted molar refractivity (Wildman–Crippen MR) is 65.9 cm³/mol. The Labute approximate surface area is 101 Å². The van der Waals surface area contributed by atoms with Crippen molar-refractivity contribution >= 4 is 12.6 Å². The van der Waals surface area contributed by atoms with E-state index in [1.807, 2.05) is 6.92 Å². The fraction of sp³-hybridized carbons (Fsp3) is 0.333. The molecular formula is C12H16BFO3. The molecule has 0 aromatic heterocycles. The van der Waals surface area contributed by atoms with E-state index in [2.05, 4.69) is 6.58 Å². The Morgan fingerprint density at radius 1 is 1.53 bits per heavy atom. The highest BCUT2D eigenvalue weighted by atomic mass is 19.1. The number of benzene rings is 1. The van der Waals surface area contributed by atoms with Crippen molar-refractivity contribution in [2.24, 2.45) is 0 Å². The lowest BCUT2D eigenvalue weighted by molar-refractivity contribution is 0.226. The minimum atomic E-state index is -1.75. The van der Waals surface area contributed by atoms with E-state index in [1.54, 1.807) is 13.0 Å². The predicted octanol–water partition coefficient (Wildman–Crippen LogP) is 1.16. The number of hydrogen-bond acceptors (Lipinski definition) is 3. The zero-order chi connectivity index (χ0) is 13.0. The van der Waals surface area contributed by atoms with E-state index in [0.717, 1.165) is 6.07 Å². The first-order valence-electron chi connectivity index (χ1n) is 5.39. The summed E-state index contributed by atoms with van der Waals surface area (Å²) < 4.78 is 18.8. The maximum absolute atomic E-state index is 13.3. The van der Waals surface area contributed by atoms with Crippen LogP contribution in [-0.4, -0.2) is 23.3 Å². The first kappa shape index (κ1) is 13.7. The van der Waals surface area contributed by atoms with E-state index in [9.17, 15) is 4.39 Å². The van der Waals surface area contributed by atoms with E-state index >= 15 is 0 Å². The molecule has 92 valence electrons. The van der Waals surface area contributed by atoms with Gasteiger partial charge in [0.15, 0.2) is 0 Å². The second-order valence-corrected chi connectivity index (χ2v) is 3.97. The lowest BCUT2D eigenvalue weighted by atomic mass is 9.79. The highest BCUT2D eigenvalue weighted by Crippen LogP contribution is 2.16. The standard InChI is InChI=1S/C12H16BFO3/c1-4-5-9(3)17-12-6-8(2)11(14)7-10(12)13(15)16/h4,6-7,9,15-16H,1,5H2,2-3H3/t9-/m0/s1. The van der Waals surface area contributed by atoms with Gasteiger partial charge in [0.2, 0.25) is 0 Å². The maximum atomic E-state index is 13.3. The average molecular weight is 238 g/mol. The lowest BCUT2D eigenvalue weighted by Crippen LogP contribution is -2.33. The van der Waals surface area contributed by atoms with E-state index in [0.29, 0.717) is 12.0 Å². The number of rotatable bonds is 5. The molecular weight excluding hydrogens is 222 g/mol. The van der Waals surface area contributed by atoms with Crippen molar-refractivity contribution in [2.75, 3.05) is 0 Å². The van der Waals surface area contributed by atoms with Gasteiger partial charge in [0.25, 0.3) is 0 Å². The fourth-order valence-corrected chi connectivity index (χ4v) is 1.47. The molecule has 1 aromatic rings. The minimum absolute atomic E-state index is 0.0315. The summed E-state index contributed by atoms with van der Waals surface area (Å²) in [6.45, 7) is 7.01. The smallest absolute Gasteiger partial charge is 0.491 e. The van der Waals surface area contributed by atoms with Crippen molar-refractivity contribution in [1.82, 2.24) is 0 Å². The second-order valence-electron chi connectivity index (χ2n) is 3.97. The Kier molecular flexibility index (Phi) is 4.72. The largest absolute Gasteiger partial charge is 0.492 e. The van der Waals surface area contributed by atoms with Crippen LogP contribution < -0.4 is 10.2 Å². The summed E-state index contributed by atoms with van der Waals surface area (Å²) in [7, 11) is -1.75. The number of aryl methyl sites for hydroxylation is 1. The molecule has 0 unspecified atom stereocenters. The van der Waals surface area contributed by atoms with Crippen LogP contribution in [0.25, 0.3) is 0 Å². The van der Waals surface area contributed by atoms with E-state index in [-0.39, 0.29) is 17.3 Å². The Hall–Kier alpha value is -1.33. The van der Waals surface area contributed by atoms with E-state index in [1.165, 1.54) is 6.07 Å². The Bertz CT molecular complexity index is 407. The normalized spacial score (nSPS) is 12.1. The SMILES string of the molecule is C=CC[C@H](C)Oc1cc(C)c(F)cc1B(O)O. The summed E-state index contributed by atoms with van der Waals surface area (Å²) in [5.74, 6) is -0.204. The molecule has 1 atom stereocenters. The molecule has 3 nitrogen and oxygen atoms in total. The number of halogens is 1. The first-order valence-corrected chi connectivity index (χ1v) is 5.39. The summed E-state index contributed by atoms with van der Waals surface area (Å²) >= 11 is 0. The molecule has 0 aliphatic rings. The Balaban J connectivity index is 3.03. The van der Waals surface area contributed by atoms with Crippen molar-refractivity contribution in [3.05, 3.63) is 36.2 Å². The fourth-order valence-electron chi connectivity index (χ4n) is 1.47. The zero-order valence-corrected chi connectivity index (χ0v) is 9.98.